The molecule has 0 aliphatic rings. The predicted octanol–water partition coefficient (Wildman–Crippen LogP) is 13.2. The Kier molecular flexibility index (Phi) is 15.0. The number of Topliss-reactive ketones (excluding diaryl/α,β-unsaturated/α-hetero) is 1. The molecule has 5 aromatic carbocycles. The molecule has 0 spiro atoms. The molecule has 0 aliphatic carbocycles. The quantitative estimate of drug-likeness (QED) is 0.0890. The molecule has 0 bridgehead atoms. The van der Waals surface area contributed by atoms with E-state index in [1.54, 1.807) is 11.3 Å². The molecule has 0 fully saturated rings. The number of H-pyrrole nitrogens is 1. The smallest absolute Gasteiger partial charge is 0.294 e. The minimum absolute atomic E-state index is 0.157. The van der Waals surface area contributed by atoms with Gasteiger partial charge in [-0.15, -0.1) is 0 Å². The van der Waals surface area contributed by atoms with Crippen molar-refractivity contribution >= 4 is 45.1 Å². The molecule has 2 nitrogen and oxygen atoms in total. The number of aromatic nitrogens is 1. The van der Waals surface area contributed by atoms with Crippen LogP contribution in [-0.2, 0) is 55.8 Å². The van der Waals surface area contributed by atoms with Gasteiger partial charge in [-0.1, -0.05) is 90.2 Å². The number of hydrogen-bond acceptors (Lipinski definition) is 2. The Morgan fingerprint density at radius 2 is 0.620 bits per heavy atom. The minimum atomic E-state index is -6.13. The summed E-state index contributed by atoms with van der Waals surface area (Å²) in [6, 6.07) is 0.547. The summed E-state index contributed by atoms with van der Waals surface area (Å²) in [4.78, 5) is 14.7. The number of ketones is 1. The molecule has 0 radical (unpaired) electrons. The van der Waals surface area contributed by atoms with Gasteiger partial charge in [0.15, 0.2) is 12.0 Å². The van der Waals surface area contributed by atoms with E-state index in [9.17, 15) is 110 Å². The van der Waals surface area contributed by atoms with Crippen LogP contribution in [0.1, 0.15) is 59.9 Å². The van der Waals surface area contributed by atoms with E-state index in [0.29, 0.717) is 6.42 Å². The third kappa shape index (κ3) is 13.0. The van der Waals surface area contributed by atoms with E-state index in [1.165, 1.54) is 0 Å². The summed E-state index contributed by atoms with van der Waals surface area (Å²) >= 11 is 1.57. The van der Waals surface area contributed by atoms with Crippen molar-refractivity contribution in [2.45, 2.75) is 55.8 Å². The molecule has 6 rings (SSSR count). The van der Waals surface area contributed by atoms with Crippen molar-refractivity contribution in [3.8, 4) is 0 Å². The number of aromatic amines is 1. The molecule has 0 saturated carbocycles. The molecule has 0 atom stereocenters. The van der Waals surface area contributed by atoms with E-state index in [2.05, 4.69) is 4.98 Å². The largest absolute Gasteiger partial charge is 0.416 e. The van der Waals surface area contributed by atoms with Crippen LogP contribution in [0.2, 0.25) is 0 Å². The van der Waals surface area contributed by atoms with Crippen molar-refractivity contribution in [1.82, 2.24) is 0 Å². The molecular formula is C43H22BF24NOS. The summed E-state index contributed by atoms with van der Waals surface area (Å²) in [5.74, 6) is 0.157. The lowest BCUT2D eigenvalue weighted by molar-refractivity contribution is -0.381. The number of thiazole rings is 1. The van der Waals surface area contributed by atoms with Crippen molar-refractivity contribution in [2.24, 2.45) is 0 Å². The van der Waals surface area contributed by atoms with E-state index < -0.39 is 195 Å². The lowest BCUT2D eigenvalue weighted by atomic mass is 9.12. The number of carbonyl (C=O) groups excluding carboxylic acids is 1. The molecule has 0 amide bonds. The lowest BCUT2D eigenvalue weighted by Crippen LogP contribution is -2.75. The molecule has 382 valence electrons. The maximum absolute atomic E-state index is 14.2. The van der Waals surface area contributed by atoms with Crippen LogP contribution < -0.4 is 26.8 Å². The van der Waals surface area contributed by atoms with Crippen molar-refractivity contribution < 1.29 is 115 Å². The highest BCUT2D eigenvalue weighted by Gasteiger charge is 2.47. The zero-order valence-electron chi connectivity index (χ0n) is 34.1. The van der Waals surface area contributed by atoms with Gasteiger partial charge in [0.1, 0.15) is 12.6 Å². The van der Waals surface area contributed by atoms with Gasteiger partial charge >= 0.3 is 49.4 Å². The highest BCUT2D eigenvalue weighted by atomic mass is 32.1. The summed E-state index contributed by atoms with van der Waals surface area (Å²) in [6.07, 6.45) is -52.5. The second-order valence-corrected chi connectivity index (χ2v) is 16.2. The first-order valence-corrected chi connectivity index (χ1v) is 19.9. The van der Waals surface area contributed by atoms with Crippen molar-refractivity contribution in [2.75, 3.05) is 0 Å². The second-order valence-electron chi connectivity index (χ2n) is 15.2. The minimum Gasteiger partial charge on any atom is -0.294 e. The van der Waals surface area contributed by atoms with Crippen molar-refractivity contribution in [3.05, 3.63) is 170 Å². The number of carbonyl (C=O) groups is 1. The summed E-state index contributed by atoms with van der Waals surface area (Å²) in [5, 5.41) is 2.94. The Balaban J connectivity index is 0.000000569. The SMILES string of the molecule is FC(F)(F)c1cc([B-](c2cc(C(F)(F)F)cc(C(F)(F)F)c2)(c2cc(C(F)(F)F)cc(C(F)(F)F)c2)c2cc(C(F)(F)F)cc(C(F)(F)F)c2)cc(C(F)(F)F)c1.O=C(Cc1[nH+]ccs1)c1ccccc1. The Morgan fingerprint density at radius 3 is 0.817 bits per heavy atom. The zero-order valence-corrected chi connectivity index (χ0v) is 35.0. The van der Waals surface area contributed by atoms with Crippen LogP contribution in [0.25, 0.3) is 0 Å². The van der Waals surface area contributed by atoms with Crippen LogP contribution in [0.3, 0.4) is 0 Å². The number of rotatable bonds is 7. The second kappa shape index (κ2) is 19.1. The Morgan fingerprint density at radius 1 is 0.380 bits per heavy atom. The fourth-order valence-corrected chi connectivity index (χ4v) is 7.96. The topological polar surface area (TPSA) is 31.2 Å². The highest BCUT2D eigenvalue weighted by Crippen LogP contribution is 2.41. The van der Waals surface area contributed by atoms with Crippen LogP contribution in [0.5, 0.6) is 0 Å². The van der Waals surface area contributed by atoms with Gasteiger partial charge in [0.2, 0.25) is 5.01 Å². The molecule has 0 aliphatic heterocycles. The third-order valence-electron chi connectivity index (χ3n) is 10.4. The Bertz CT molecular complexity index is 2410. The fourth-order valence-electron chi connectivity index (χ4n) is 7.31. The summed E-state index contributed by atoms with van der Waals surface area (Å²) in [7, 11) is 0. The number of benzene rings is 5. The number of nitrogens with one attached hydrogen (secondary N) is 1. The van der Waals surface area contributed by atoms with Crippen LogP contribution in [0, 0.1) is 0 Å². The zero-order chi connectivity index (χ0) is 53.7. The maximum Gasteiger partial charge on any atom is 0.416 e. The van der Waals surface area contributed by atoms with Crippen molar-refractivity contribution in [1.29, 1.82) is 0 Å². The molecule has 28 heteroatoms. The number of alkyl halides is 24. The lowest BCUT2D eigenvalue weighted by Gasteiger charge is -2.46. The maximum atomic E-state index is 14.2. The normalized spacial score (nSPS) is 13.5. The van der Waals surface area contributed by atoms with Crippen LogP contribution in [0.4, 0.5) is 105 Å². The predicted molar refractivity (Wildman–Crippen MR) is 205 cm³/mol. The van der Waals surface area contributed by atoms with E-state index in [-0.39, 0.29) is 5.78 Å². The molecule has 0 unspecified atom stereocenters. The first kappa shape index (κ1) is 55.7. The molecule has 1 heterocycles. The Hall–Kier alpha value is -6.22. The van der Waals surface area contributed by atoms with Gasteiger partial charge in [0.25, 0.3) is 0 Å². The molecule has 71 heavy (non-hydrogen) atoms. The van der Waals surface area contributed by atoms with Crippen LogP contribution >= 0.6 is 11.3 Å². The average Bonchev–Trinajstić information content (AvgIpc) is 3.75. The van der Waals surface area contributed by atoms with Gasteiger partial charge in [-0.3, -0.25) is 4.79 Å². The van der Waals surface area contributed by atoms with E-state index in [4.69, 9.17) is 0 Å². The van der Waals surface area contributed by atoms with Gasteiger partial charge in [-0.25, -0.2) is 4.98 Å². The first-order chi connectivity index (χ1) is 32.1. The van der Waals surface area contributed by atoms with E-state index in [1.807, 2.05) is 41.9 Å². The molecule has 1 aromatic heterocycles. The van der Waals surface area contributed by atoms with E-state index in [0.717, 1.165) is 10.6 Å². The average molecular weight is 1070 g/mol. The summed E-state index contributed by atoms with van der Waals surface area (Å²) < 4.78 is 341. The van der Waals surface area contributed by atoms with Crippen LogP contribution in [-0.4, -0.2) is 11.9 Å². The van der Waals surface area contributed by atoms with Crippen LogP contribution in [0.15, 0.2) is 115 Å². The number of hydrogen-bond donors (Lipinski definition) is 0. The van der Waals surface area contributed by atoms with Gasteiger partial charge in [0.05, 0.1) is 49.9 Å². The Labute approximate surface area is 385 Å². The molecular weight excluding hydrogens is 1050 g/mol. The van der Waals surface area contributed by atoms with Gasteiger partial charge in [-0.05, 0) is 24.3 Å². The fraction of sp³-hybridized carbons (Fsp3) is 0.209. The highest BCUT2D eigenvalue weighted by molar-refractivity contribution is 7.20. The van der Waals surface area contributed by atoms with Gasteiger partial charge < -0.3 is 0 Å². The standard InChI is InChI=1S/C32H12BF24.C11H9NOS/c34-25(35,36)13-1-14(26(37,38)39)6-21(5-13)33(22-7-15(27(40,41)42)2-16(8-22)28(43,44)45,23-9-17(29(46,47)48)3-18(10-23)30(49,50)51)24-11-19(31(52,53)54)4-20(12-24)32(55,56)57;13-10(8-11-12-6-7-14-11)9-4-2-1-3-5-9/h1-12H;1-7H,8H2/q-1;/p+1. The molecule has 1 N–H and O–H groups in total. The summed E-state index contributed by atoms with van der Waals surface area (Å²) in [5.41, 5.74) is -29.4. The monoisotopic (exact) mass is 1070 g/mol. The van der Waals surface area contributed by atoms with Crippen molar-refractivity contribution in [3.63, 3.8) is 0 Å². The number of halogens is 24. The first-order valence-electron chi connectivity index (χ1n) is 19.0. The summed E-state index contributed by atoms with van der Waals surface area (Å²) in [6.45, 7) is 0. The molecule has 0 saturated heterocycles. The van der Waals surface area contributed by atoms with Gasteiger partial charge in [0, 0.05) is 5.56 Å². The molecule has 6 aromatic rings. The van der Waals surface area contributed by atoms with E-state index >= 15 is 0 Å². The van der Waals surface area contributed by atoms with Gasteiger partial charge in [-0.2, -0.15) is 127 Å². The third-order valence-corrected chi connectivity index (χ3v) is 11.2.